The third kappa shape index (κ3) is 2.90. The Balaban J connectivity index is 1.94. The highest BCUT2D eigenvalue weighted by Gasteiger charge is 2.63. The normalized spacial score (nSPS) is 25.7. The molecule has 24 heavy (non-hydrogen) atoms. The number of carbonyl (C=O) groups is 1. The number of aromatic nitrogens is 1. The van der Waals surface area contributed by atoms with E-state index in [0.29, 0.717) is 0 Å². The van der Waals surface area contributed by atoms with Gasteiger partial charge in [0.15, 0.2) is 0 Å². The quantitative estimate of drug-likeness (QED) is 0.899. The van der Waals surface area contributed by atoms with E-state index in [4.69, 9.17) is 0 Å². The van der Waals surface area contributed by atoms with Crippen molar-refractivity contribution in [3.05, 3.63) is 30.1 Å². The number of hydrogen-bond donors (Lipinski definition) is 1. The minimum Gasteiger partial charge on any atom is -0.362 e. The van der Waals surface area contributed by atoms with Gasteiger partial charge in [-0.05, 0) is 30.9 Å². The molecule has 5 nitrogen and oxygen atoms in total. The van der Waals surface area contributed by atoms with Crippen LogP contribution < -0.4 is 0 Å². The van der Waals surface area contributed by atoms with Gasteiger partial charge in [0, 0.05) is 30.1 Å². The molecule has 1 amide bonds. The highest BCUT2D eigenvalue weighted by Crippen LogP contribution is 2.43. The molecule has 0 radical (unpaired) electrons. The summed E-state index contributed by atoms with van der Waals surface area (Å²) in [4.78, 5) is 16.2. The monoisotopic (exact) mass is 341 g/mol. The minimum atomic E-state index is -4.99. The average Bonchev–Trinajstić information content (AvgIpc) is 2.95. The van der Waals surface area contributed by atoms with Crippen LogP contribution in [0.3, 0.4) is 0 Å². The van der Waals surface area contributed by atoms with Crippen molar-refractivity contribution in [2.75, 3.05) is 0 Å². The second-order valence-electron chi connectivity index (χ2n) is 6.27. The number of nitrogens with zero attached hydrogens (tertiary/aromatic N) is 3. The first-order chi connectivity index (χ1) is 11.3. The Labute approximate surface area is 137 Å². The molecule has 0 aromatic carbocycles. The van der Waals surface area contributed by atoms with E-state index in [-0.39, 0.29) is 22.2 Å². The number of hydrazone groups is 1. The average molecular weight is 341 g/mol. The summed E-state index contributed by atoms with van der Waals surface area (Å²) in [5.74, 6) is -1.09. The minimum absolute atomic E-state index is 0.00122. The van der Waals surface area contributed by atoms with E-state index in [1.807, 2.05) is 0 Å². The lowest BCUT2D eigenvalue weighted by atomic mass is 9.83. The summed E-state index contributed by atoms with van der Waals surface area (Å²) in [5.41, 5.74) is -3.03. The fraction of sp³-hybridized carbons (Fsp3) is 0.562. The molecule has 0 unspecified atom stereocenters. The summed E-state index contributed by atoms with van der Waals surface area (Å²) in [7, 11) is 0. The van der Waals surface area contributed by atoms with Crippen LogP contribution in [0.5, 0.6) is 0 Å². The van der Waals surface area contributed by atoms with Crippen LogP contribution in [0, 0.1) is 5.92 Å². The summed E-state index contributed by atoms with van der Waals surface area (Å²) in [5, 5.41) is 14.4. The third-order valence-electron chi connectivity index (χ3n) is 4.66. The Bertz CT molecular complexity index is 642. The highest BCUT2D eigenvalue weighted by atomic mass is 19.4. The van der Waals surface area contributed by atoms with Gasteiger partial charge in [0.25, 0.3) is 11.6 Å². The number of amides is 1. The zero-order valence-corrected chi connectivity index (χ0v) is 13.0. The summed E-state index contributed by atoms with van der Waals surface area (Å²) in [6.07, 6.45) is 1.32. The second kappa shape index (κ2) is 6.16. The van der Waals surface area contributed by atoms with Gasteiger partial charge in [-0.1, -0.05) is 19.3 Å². The third-order valence-corrected chi connectivity index (χ3v) is 4.66. The predicted octanol–water partition coefficient (Wildman–Crippen LogP) is 3.11. The Morgan fingerprint density at radius 1 is 1.21 bits per heavy atom. The van der Waals surface area contributed by atoms with E-state index in [1.54, 1.807) is 0 Å². The molecule has 1 aromatic heterocycles. The van der Waals surface area contributed by atoms with Gasteiger partial charge in [0.2, 0.25) is 0 Å². The van der Waals surface area contributed by atoms with Crippen molar-refractivity contribution >= 4 is 11.6 Å². The maximum Gasteiger partial charge on any atom is 0.438 e. The Morgan fingerprint density at radius 3 is 2.42 bits per heavy atom. The van der Waals surface area contributed by atoms with E-state index in [2.05, 4.69) is 10.1 Å². The molecule has 1 atom stereocenters. The zero-order chi connectivity index (χ0) is 17.4. The van der Waals surface area contributed by atoms with Gasteiger partial charge in [-0.15, -0.1) is 0 Å². The molecule has 1 fully saturated rings. The van der Waals surface area contributed by atoms with Crippen LogP contribution in [0.4, 0.5) is 13.2 Å². The van der Waals surface area contributed by atoms with Crippen LogP contribution in [0.2, 0.25) is 0 Å². The maximum absolute atomic E-state index is 13.5. The van der Waals surface area contributed by atoms with E-state index >= 15 is 0 Å². The Kier molecular flexibility index (Phi) is 4.33. The van der Waals surface area contributed by atoms with Crippen LogP contribution in [-0.4, -0.2) is 38.6 Å². The summed E-state index contributed by atoms with van der Waals surface area (Å²) in [6.45, 7) is 0. The van der Waals surface area contributed by atoms with Crippen LogP contribution in [-0.2, 0) is 0 Å². The molecule has 2 heterocycles. The Morgan fingerprint density at radius 2 is 1.83 bits per heavy atom. The SMILES string of the molecule is O=C(c1ccncc1)N1N=C(C2CCCCC2)C[C@]1(O)C(F)(F)F. The van der Waals surface area contributed by atoms with Crippen molar-refractivity contribution in [1.29, 1.82) is 0 Å². The van der Waals surface area contributed by atoms with E-state index in [0.717, 1.165) is 32.1 Å². The number of pyridine rings is 1. The van der Waals surface area contributed by atoms with Crippen molar-refractivity contribution in [1.82, 2.24) is 9.99 Å². The fourth-order valence-electron chi connectivity index (χ4n) is 3.29. The predicted molar refractivity (Wildman–Crippen MR) is 80.0 cm³/mol. The largest absolute Gasteiger partial charge is 0.438 e. The number of rotatable bonds is 2. The van der Waals surface area contributed by atoms with E-state index < -0.39 is 24.2 Å². The van der Waals surface area contributed by atoms with Crippen LogP contribution in [0.1, 0.15) is 48.9 Å². The first-order valence-electron chi connectivity index (χ1n) is 7.94. The number of alkyl halides is 3. The molecule has 0 saturated heterocycles. The summed E-state index contributed by atoms with van der Waals surface area (Å²) in [6, 6.07) is 2.60. The Hall–Kier alpha value is -1.96. The molecule has 1 aromatic rings. The smallest absolute Gasteiger partial charge is 0.362 e. The van der Waals surface area contributed by atoms with Gasteiger partial charge in [-0.3, -0.25) is 9.78 Å². The molecule has 1 aliphatic heterocycles. The molecule has 3 rings (SSSR count). The first kappa shape index (κ1) is 16.9. The van der Waals surface area contributed by atoms with Crippen molar-refractivity contribution in [3.8, 4) is 0 Å². The van der Waals surface area contributed by atoms with Crippen LogP contribution in [0.25, 0.3) is 0 Å². The lowest BCUT2D eigenvalue weighted by molar-refractivity contribution is -0.297. The van der Waals surface area contributed by atoms with Gasteiger partial charge >= 0.3 is 6.18 Å². The lowest BCUT2D eigenvalue weighted by Gasteiger charge is -2.32. The van der Waals surface area contributed by atoms with Crippen LogP contribution >= 0.6 is 0 Å². The second-order valence-corrected chi connectivity index (χ2v) is 6.27. The molecule has 0 spiro atoms. The van der Waals surface area contributed by atoms with Gasteiger partial charge in [0.1, 0.15) is 0 Å². The number of aliphatic hydroxyl groups is 1. The number of halogens is 3. The topological polar surface area (TPSA) is 65.8 Å². The summed E-state index contributed by atoms with van der Waals surface area (Å²) >= 11 is 0. The molecule has 0 bridgehead atoms. The summed E-state index contributed by atoms with van der Waals surface area (Å²) < 4.78 is 40.4. The van der Waals surface area contributed by atoms with Gasteiger partial charge in [-0.25, -0.2) is 0 Å². The zero-order valence-electron chi connectivity index (χ0n) is 13.0. The van der Waals surface area contributed by atoms with Crippen molar-refractivity contribution in [2.24, 2.45) is 11.0 Å². The van der Waals surface area contributed by atoms with Crippen molar-refractivity contribution in [2.45, 2.75) is 50.4 Å². The van der Waals surface area contributed by atoms with Gasteiger partial charge in [-0.2, -0.15) is 23.3 Å². The van der Waals surface area contributed by atoms with Gasteiger partial charge in [0.05, 0.1) is 0 Å². The molecule has 1 saturated carbocycles. The maximum atomic E-state index is 13.5. The highest BCUT2D eigenvalue weighted by molar-refractivity contribution is 5.98. The molecular weight excluding hydrogens is 323 g/mol. The molecule has 8 heteroatoms. The first-order valence-corrected chi connectivity index (χ1v) is 7.94. The number of carbonyl (C=O) groups excluding carboxylic acids is 1. The van der Waals surface area contributed by atoms with E-state index in [9.17, 15) is 23.1 Å². The van der Waals surface area contributed by atoms with Crippen molar-refractivity contribution in [3.63, 3.8) is 0 Å². The number of hydrogen-bond acceptors (Lipinski definition) is 4. The van der Waals surface area contributed by atoms with Crippen molar-refractivity contribution < 1.29 is 23.1 Å². The molecule has 1 aliphatic carbocycles. The molecular formula is C16H18F3N3O2. The standard InChI is InChI=1S/C16H18F3N3O2/c17-16(18,19)15(24)10-13(11-4-2-1-3-5-11)21-22(15)14(23)12-6-8-20-9-7-12/h6-9,11,24H,1-5,10H2/t15-/m0/s1. The molecule has 130 valence electrons. The van der Waals surface area contributed by atoms with E-state index in [1.165, 1.54) is 24.5 Å². The van der Waals surface area contributed by atoms with Crippen LogP contribution in [0.15, 0.2) is 29.6 Å². The molecule has 2 aliphatic rings. The van der Waals surface area contributed by atoms with Gasteiger partial charge < -0.3 is 5.11 Å². The fourth-order valence-corrected chi connectivity index (χ4v) is 3.29. The molecule has 1 N–H and O–H groups in total. The lowest BCUT2D eigenvalue weighted by Crippen LogP contribution is -2.56.